The van der Waals surface area contributed by atoms with Crippen LogP contribution in [0.4, 0.5) is 13.6 Å². The molecule has 0 aliphatic carbocycles. The molecule has 1 atom stereocenters. The predicted molar refractivity (Wildman–Crippen MR) is 85.4 cm³/mol. The summed E-state index contributed by atoms with van der Waals surface area (Å²) in [6.07, 6.45) is 1.09. The standard InChI is InChI=1S/C16H20F2N2O4S/c1-2-13-10-20(16(21)24-13)12-5-7-19(8-6-12)25(22,23)15-9-11(17)3-4-14(15)18/h3-4,9,12-13H,2,5-8,10H2,1H3. The van der Waals surface area contributed by atoms with E-state index in [0.29, 0.717) is 25.5 Å². The number of rotatable bonds is 4. The minimum absolute atomic E-state index is 0.104. The van der Waals surface area contributed by atoms with Crippen molar-refractivity contribution < 1.29 is 26.7 Å². The molecule has 0 saturated carbocycles. The SMILES string of the molecule is CCC1CN(C2CCN(S(=O)(=O)c3cc(F)ccc3F)CC2)C(=O)O1. The Morgan fingerprint density at radius 1 is 1.24 bits per heavy atom. The van der Waals surface area contributed by atoms with Gasteiger partial charge in [0.1, 0.15) is 22.6 Å². The van der Waals surface area contributed by atoms with E-state index in [4.69, 9.17) is 4.74 Å². The Labute approximate surface area is 145 Å². The summed E-state index contributed by atoms with van der Waals surface area (Å²) in [4.78, 5) is 12.9. The van der Waals surface area contributed by atoms with Crippen molar-refractivity contribution in [1.29, 1.82) is 0 Å². The number of piperidine rings is 1. The van der Waals surface area contributed by atoms with Gasteiger partial charge in [0.2, 0.25) is 10.0 Å². The summed E-state index contributed by atoms with van der Waals surface area (Å²) >= 11 is 0. The summed E-state index contributed by atoms with van der Waals surface area (Å²) in [5.74, 6) is -1.78. The lowest BCUT2D eigenvalue weighted by Gasteiger charge is -2.34. The molecule has 0 aromatic heterocycles. The van der Waals surface area contributed by atoms with Crippen molar-refractivity contribution in [2.45, 2.75) is 43.2 Å². The maximum absolute atomic E-state index is 13.8. The number of ether oxygens (including phenoxy) is 1. The van der Waals surface area contributed by atoms with Gasteiger partial charge >= 0.3 is 6.09 Å². The number of carbonyl (C=O) groups is 1. The van der Waals surface area contributed by atoms with E-state index in [1.54, 1.807) is 4.90 Å². The van der Waals surface area contributed by atoms with Gasteiger partial charge in [0, 0.05) is 19.1 Å². The van der Waals surface area contributed by atoms with E-state index in [-0.39, 0.29) is 31.3 Å². The zero-order valence-corrected chi connectivity index (χ0v) is 14.6. The number of carbonyl (C=O) groups excluding carboxylic acids is 1. The van der Waals surface area contributed by atoms with Crippen molar-refractivity contribution >= 4 is 16.1 Å². The quantitative estimate of drug-likeness (QED) is 0.811. The van der Waals surface area contributed by atoms with Gasteiger partial charge in [0.15, 0.2) is 0 Å². The van der Waals surface area contributed by atoms with E-state index < -0.39 is 26.6 Å². The van der Waals surface area contributed by atoms with Crippen molar-refractivity contribution in [3.63, 3.8) is 0 Å². The van der Waals surface area contributed by atoms with Gasteiger partial charge in [-0.25, -0.2) is 22.0 Å². The molecule has 1 aromatic rings. The Hall–Kier alpha value is -1.74. The highest BCUT2D eigenvalue weighted by atomic mass is 32.2. The molecule has 1 unspecified atom stereocenters. The zero-order chi connectivity index (χ0) is 18.2. The molecule has 0 radical (unpaired) electrons. The molecule has 9 heteroatoms. The van der Waals surface area contributed by atoms with E-state index >= 15 is 0 Å². The molecule has 0 N–H and O–H groups in total. The fourth-order valence-electron chi connectivity index (χ4n) is 3.26. The average molecular weight is 374 g/mol. The minimum atomic E-state index is -4.11. The van der Waals surface area contributed by atoms with Crippen LogP contribution in [0, 0.1) is 11.6 Å². The molecule has 2 fully saturated rings. The summed E-state index contributed by atoms with van der Waals surface area (Å²) in [6.45, 7) is 2.72. The molecule has 2 aliphatic heterocycles. The zero-order valence-electron chi connectivity index (χ0n) is 13.8. The number of hydrogen-bond acceptors (Lipinski definition) is 4. The number of benzene rings is 1. The molecule has 1 aromatic carbocycles. The lowest BCUT2D eigenvalue weighted by atomic mass is 10.1. The average Bonchev–Trinajstić information content (AvgIpc) is 2.98. The van der Waals surface area contributed by atoms with Crippen molar-refractivity contribution in [2.75, 3.05) is 19.6 Å². The molecule has 2 aliphatic rings. The van der Waals surface area contributed by atoms with Gasteiger partial charge in [-0.1, -0.05) is 6.92 Å². The third-order valence-electron chi connectivity index (χ3n) is 4.73. The fraction of sp³-hybridized carbons (Fsp3) is 0.562. The van der Waals surface area contributed by atoms with Gasteiger partial charge in [-0.2, -0.15) is 4.31 Å². The van der Waals surface area contributed by atoms with E-state index in [0.717, 1.165) is 22.9 Å². The maximum atomic E-state index is 13.8. The molecule has 25 heavy (non-hydrogen) atoms. The third-order valence-corrected chi connectivity index (χ3v) is 6.65. The number of cyclic esters (lactones) is 1. The van der Waals surface area contributed by atoms with E-state index in [9.17, 15) is 22.0 Å². The second-order valence-corrected chi connectivity index (χ2v) is 8.18. The molecule has 0 bridgehead atoms. The lowest BCUT2D eigenvalue weighted by molar-refractivity contribution is 0.120. The normalized spacial score (nSPS) is 23.1. The monoisotopic (exact) mass is 374 g/mol. The first-order chi connectivity index (χ1) is 11.8. The van der Waals surface area contributed by atoms with Crippen molar-refractivity contribution in [3.8, 4) is 0 Å². The highest BCUT2D eigenvalue weighted by molar-refractivity contribution is 7.89. The summed E-state index contributed by atoms with van der Waals surface area (Å²) in [7, 11) is -4.11. The minimum Gasteiger partial charge on any atom is -0.444 e. The smallest absolute Gasteiger partial charge is 0.410 e. The summed E-state index contributed by atoms with van der Waals surface area (Å²) in [5, 5.41) is 0. The Bertz CT molecular complexity index is 763. The molecule has 3 rings (SSSR count). The van der Waals surface area contributed by atoms with E-state index in [2.05, 4.69) is 0 Å². The van der Waals surface area contributed by atoms with Crippen LogP contribution in [0.5, 0.6) is 0 Å². The van der Waals surface area contributed by atoms with E-state index in [1.807, 2.05) is 6.92 Å². The highest BCUT2D eigenvalue weighted by Gasteiger charge is 2.39. The second-order valence-electron chi connectivity index (χ2n) is 6.28. The van der Waals surface area contributed by atoms with Gasteiger partial charge in [-0.15, -0.1) is 0 Å². The van der Waals surface area contributed by atoms with E-state index in [1.165, 1.54) is 0 Å². The van der Waals surface area contributed by atoms with Gasteiger partial charge in [-0.05, 0) is 37.5 Å². The topological polar surface area (TPSA) is 66.9 Å². The Morgan fingerprint density at radius 3 is 2.52 bits per heavy atom. The molecule has 1 amide bonds. The third kappa shape index (κ3) is 3.48. The lowest BCUT2D eigenvalue weighted by Crippen LogP contribution is -2.47. The molecular weight excluding hydrogens is 354 g/mol. The van der Waals surface area contributed by atoms with Gasteiger partial charge in [-0.3, -0.25) is 0 Å². The fourth-order valence-corrected chi connectivity index (χ4v) is 4.81. The largest absolute Gasteiger partial charge is 0.444 e. The molecule has 6 nitrogen and oxygen atoms in total. The molecular formula is C16H20F2N2O4S. The molecule has 138 valence electrons. The second kappa shape index (κ2) is 6.87. The first kappa shape index (κ1) is 18.1. The van der Waals surface area contributed by atoms with Crippen LogP contribution in [0.15, 0.2) is 23.1 Å². The van der Waals surface area contributed by atoms with Crippen molar-refractivity contribution in [2.24, 2.45) is 0 Å². The van der Waals surface area contributed by atoms with Gasteiger partial charge < -0.3 is 9.64 Å². The first-order valence-corrected chi connectivity index (χ1v) is 9.69. The Morgan fingerprint density at radius 2 is 1.92 bits per heavy atom. The number of hydrogen-bond donors (Lipinski definition) is 0. The van der Waals surface area contributed by atoms with Crippen LogP contribution in [0.25, 0.3) is 0 Å². The van der Waals surface area contributed by atoms with Crippen LogP contribution in [-0.4, -0.2) is 55.5 Å². The number of nitrogens with zero attached hydrogens (tertiary/aromatic N) is 2. The van der Waals surface area contributed by atoms with Crippen LogP contribution in [-0.2, 0) is 14.8 Å². The van der Waals surface area contributed by atoms with Gasteiger partial charge in [0.25, 0.3) is 0 Å². The van der Waals surface area contributed by atoms with Crippen molar-refractivity contribution in [1.82, 2.24) is 9.21 Å². The maximum Gasteiger partial charge on any atom is 0.410 e. The first-order valence-electron chi connectivity index (χ1n) is 8.25. The van der Waals surface area contributed by atoms with Crippen LogP contribution >= 0.6 is 0 Å². The predicted octanol–water partition coefficient (Wildman–Crippen LogP) is 2.35. The highest BCUT2D eigenvalue weighted by Crippen LogP contribution is 2.27. The Kier molecular flexibility index (Phi) is 4.97. The summed E-state index contributed by atoms with van der Waals surface area (Å²) in [6, 6.07) is 2.28. The van der Waals surface area contributed by atoms with Crippen LogP contribution in [0.3, 0.4) is 0 Å². The Balaban J connectivity index is 1.70. The molecule has 2 heterocycles. The number of halogens is 2. The molecule has 0 spiro atoms. The number of amides is 1. The van der Waals surface area contributed by atoms with Gasteiger partial charge in [0.05, 0.1) is 6.54 Å². The summed E-state index contributed by atoms with van der Waals surface area (Å²) < 4.78 is 58.7. The summed E-state index contributed by atoms with van der Waals surface area (Å²) in [5.41, 5.74) is 0. The van der Waals surface area contributed by atoms with Crippen LogP contribution in [0.1, 0.15) is 26.2 Å². The van der Waals surface area contributed by atoms with Crippen molar-refractivity contribution in [3.05, 3.63) is 29.8 Å². The van der Waals surface area contributed by atoms with Crippen LogP contribution < -0.4 is 0 Å². The van der Waals surface area contributed by atoms with Crippen LogP contribution in [0.2, 0.25) is 0 Å². The number of sulfonamides is 1. The molecule has 2 saturated heterocycles.